The summed E-state index contributed by atoms with van der Waals surface area (Å²) >= 11 is 0. The normalized spacial score (nSPS) is 16.5. The van der Waals surface area contributed by atoms with Gasteiger partial charge in [0.2, 0.25) is 0 Å². The zero-order valence-corrected chi connectivity index (χ0v) is 30.3. The lowest BCUT2D eigenvalue weighted by atomic mass is 9.88. The van der Waals surface area contributed by atoms with E-state index in [-0.39, 0.29) is 0 Å². The first kappa shape index (κ1) is 31.2. The van der Waals surface area contributed by atoms with Gasteiger partial charge in [-0.25, -0.2) is 0 Å². The summed E-state index contributed by atoms with van der Waals surface area (Å²) in [6.45, 7) is 0. The molecule has 2 heterocycles. The fourth-order valence-corrected chi connectivity index (χ4v) is 9.34. The van der Waals surface area contributed by atoms with Gasteiger partial charge in [0, 0.05) is 44.4 Å². The minimum Gasteiger partial charge on any atom is -0.312 e. The number of aromatic nitrogens is 2. The molecule has 2 nitrogen and oxygen atoms in total. The van der Waals surface area contributed by atoms with Crippen LogP contribution in [0.3, 0.4) is 0 Å². The molecule has 0 aliphatic heterocycles. The summed E-state index contributed by atoms with van der Waals surface area (Å²) < 4.78 is 5.02. The monoisotopic (exact) mass is 692 g/mol. The molecular weight excluding hydrogens is 653 g/mol. The smallest absolute Gasteiger partial charge is 0.0541 e. The fraction of sp³-hybridized carbons (Fsp3) is 0.115. The molecule has 0 saturated carbocycles. The van der Waals surface area contributed by atoms with Crippen molar-refractivity contribution in [3.8, 4) is 22.5 Å². The van der Waals surface area contributed by atoms with E-state index in [1.807, 2.05) is 0 Å². The van der Waals surface area contributed by atoms with Gasteiger partial charge in [-0.1, -0.05) is 127 Å². The zero-order valence-electron chi connectivity index (χ0n) is 30.3. The van der Waals surface area contributed by atoms with Gasteiger partial charge in [-0.2, -0.15) is 0 Å². The van der Waals surface area contributed by atoms with E-state index in [0.717, 1.165) is 32.1 Å². The first-order valence-corrected chi connectivity index (χ1v) is 19.5. The highest BCUT2D eigenvalue weighted by atomic mass is 15.0. The van der Waals surface area contributed by atoms with Crippen LogP contribution in [-0.4, -0.2) is 9.13 Å². The highest BCUT2D eigenvalue weighted by Crippen LogP contribution is 2.41. The van der Waals surface area contributed by atoms with Crippen molar-refractivity contribution in [2.24, 2.45) is 0 Å². The molecular formula is C52H40N2. The Kier molecular flexibility index (Phi) is 7.30. The van der Waals surface area contributed by atoms with Gasteiger partial charge >= 0.3 is 0 Å². The van der Waals surface area contributed by atoms with Gasteiger partial charge in [-0.3, -0.25) is 0 Å². The predicted molar refractivity (Wildman–Crippen MR) is 230 cm³/mol. The topological polar surface area (TPSA) is 9.86 Å². The van der Waals surface area contributed by atoms with Crippen LogP contribution in [0.25, 0.3) is 77.6 Å². The van der Waals surface area contributed by atoms with Gasteiger partial charge in [-0.05, 0) is 114 Å². The van der Waals surface area contributed by atoms with Gasteiger partial charge in [0.25, 0.3) is 0 Å². The fourth-order valence-electron chi connectivity index (χ4n) is 9.34. The van der Waals surface area contributed by atoms with E-state index in [9.17, 15) is 0 Å². The van der Waals surface area contributed by atoms with Crippen molar-refractivity contribution < 1.29 is 0 Å². The largest absolute Gasteiger partial charge is 0.312 e. The van der Waals surface area contributed by atoms with Crippen LogP contribution >= 0.6 is 0 Å². The zero-order chi connectivity index (χ0) is 35.6. The SMILES string of the molecule is C1=CCCC(c2cc(C3C=CC=CC3)cc(-n3c4ccccc4c4cc(-c5ccc6c(c5)c5c(n6-c6cccc7ccccc67)CCC=C5)ccc43)c2)=C1. The van der Waals surface area contributed by atoms with E-state index in [1.54, 1.807) is 0 Å². The van der Waals surface area contributed by atoms with Crippen LogP contribution in [0.4, 0.5) is 0 Å². The molecule has 0 N–H and O–H groups in total. The maximum atomic E-state index is 2.53. The average molecular weight is 693 g/mol. The molecule has 0 fully saturated rings. The summed E-state index contributed by atoms with van der Waals surface area (Å²) in [5.41, 5.74) is 15.6. The lowest BCUT2D eigenvalue weighted by Crippen LogP contribution is -2.03. The van der Waals surface area contributed by atoms with E-state index in [0.29, 0.717) is 5.92 Å². The second-order valence-electron chi connectivity index (χ2n) is 15.1. The number of benzene rings is 6. The molecule has 2 aromatic heterocycles. The molecule has 0 amide bonds. The molecule has 8 aromatic rings. The summed E-state index contributed by atoms with van der Waals surface area (Å²) in [5, 5.41) is 6.44. The molecule has 3 aliphatic carbocycles. The van der Waals surface area contributed by atoms with Crippen molar-refractivity contribution >= 4 is 55.1 Å². The maximum absolute atomic E-state index is 2.53. The molecule has 0 radical (unpaired) electrons. The van der Waals surface area contributed by atoms with E-state index in [2.05, 4.69) is 185 Å². The van der Waals surface area contributed by atoms with Crippen molar-refractivity contribution in [3.63, 3.8) is 0 Å². The number of nitrogens with zero attached hydrogens (tertiary/aromatic N) is 2. The van der Waals surface area contributed by atoms with Crippen LogP contribution in [0, 0.1) is 0 Å². The van der Waals surface area contributed by atoms with Crippen molar-refractivity contribution in [2.75, 3.05) is 0 Å². The molecule has 54 heavy (non-hydrogen) atoms. The summed E-state index contributed by atoms with van der Waals surface area (Å²) in [6.07, 6.45) is 25.8. The Morgan fingerprint density at radius 3 is 2.15 bits per heavy atom. The quantitative estimate of drug-likeness (QED) is 0.170. The second kappa shape index (κ2) is 12.6. The summed E-state index contributed by atoms with van der Waals surface area (Å²) in [5.74, 6) is 0.374. The average Bonchev–Trinajstić information content (AvgIpc) is 3.76. The van der Waals surface area contributed by atoms with Crippen LogP contribution in [-0.2, 0) is 6.42 Å². The van der Waals surface area contributed by atoms with Crippen LogP contribution < -0.4 is 0 Å². The lowest BCUT2D eigenvalue weighted by molar-refractivity contribution is 0.851. The van der Waals surface area contributed by atoms with Gasteiger partial charge < -0.3 is 9.13 Å². The Balaban J connectivity index is 1.08. The predicted octanol–water partition coefficient (Wildman–Crippen LogP) is 13.8. The van der Waals surface area contributed by atoms with Crippen LogP contribution in [0.1, 0.15) is 54.0 Å². The third kappa shape index (κ3) is 5.01. The molecule has 11 rings (SSSR count). The molecule has 258 valence electrons. The van der Waals surface area contributed by atoms with E-state index in [4.69, 9.17) is 0 Å². The first-order valence-electron chi connectivity index (χ1n) is 19.5. The summed E-state index contributed by atoms with van der Waals surface area (Å²) in [6, 6.07) is 45.9. The van der Waals surface area contributed by atoms with E-state index in [1.165, 1.54) is 93.9 Å². The Bertz CT molecular complexity index is 2960. The number of hydrogen-bond acceptors (Lipinski definition) is 0. The molecule has 6 aromatic carbocycles. The van der Waals surface area contributed by atoms with Crippen molar-refractivity contribution in [3.05, 3.63) is 192 Å². The highest BCUT2D eigenvalue weighted by Gasteiger charge is 2.22. The second-order valence-corrected chi connectivity index (χ2v) is 15.1. The Hall–Kier alpha value is -6.38. The number of para-hydroxylation sites is 1. The van der Waals surface area contributed by atoms with Gasteiger partial charge in [0.1, 0.15) is 0 Å². The van der Waals surface area contributed by atoms with E-state index < -0.39 is 0 Å². The van der Waals surface area contributed by atoms with Crippen LogP contribution in [0.5, 0.6) is 0 Å². The number of allylic oxidation sites excluding steroid dienone is 9. The number of rotatable bonds is 5. The third-order valence-corrected chi connectivity index (χ3v) is 11.9. The maximum Gasteiger partial charge on any atom is 0.0541 e. The molecule has 1 unspecified atom stereocenters. The lowest BCUT2D eigenvalue weighted by Gasteiger charge is -2.20. The van der Waals surface area contributed by atoms with Crippen molar-refractivity contribution in [1.29, 1.82) is 0 Å². The highest BCUT2D eigenvalue weighted by molar-refractivity contribution is 6.11. The van der Waals surface area contributed by atoms with Crippen LogP contribution in [0.15, 0.2) is 170 Å². The Morgan fingerprint density at radius 2 is 1.30 bits per heavy atom. The molecule has 2 heteroatoms. The minimum absolute atomic E-state index is 0.374. The van der Waals surface area contributed by atoms with E-state index >= 15 is 0 Å². The molecule has 0 saturated heterocycles. The summed E-state index contributed by atoms with van der Waals surface area (Å²) in [7, 11) is 0. The molecule has 1 atom stereocenters. The number of hydrogen-bond donors (Lipinski definition) is 0. The molecule has 0 spiro atoms. The minimum atomic E-state index is 0.374. The van der Waals surface area contributed by atoms with Crippen molar-refractivity contribution in [1.82, 2.24) is 9.13 Å². The van der Waals surface area contributed by atoms with Gasteiger partial charge in [0.05, 0.1) is 22.2 Å². The van der Waals surface area contributed by atoms with Gasteiger partial charge in [-0.15, -0.1) is 0 Å². The third-order valence-electron chi connectivity index (χ3n) is 11.9. The Labute approximate surface area is 316 Å². The van der Waals surface area contributed by atoms with Crippen molar-refractivity contribution in [2.45, 2.75) is 38.0 Å². The summed E-state index contributed by atoms with van der Waals surface area (Å²) in [4.78, 5) is 0. The molecule has 3 aliphatic rings. The van der Waals surface area contributed by atoms with Gasteiger partial charge in [0.15, 0.2) is 0 Å². The number of fused-ring (bicyclic) bond motifs is 7. The molecule has 0 bridgehead atoms. The first-order chi connectivity index (χ1) is 26.8. The standard InChI is InChI=1S/C52H40N2/c1-3-14-35(15-4-1)40-30-41(36-16-5-2-6-17-36)32-42(31-40)53-49-23-11-9-21-44(49)46-33-38(26-28-51(46)53)39-27-29-52-47(34-39)45-22-10-12-24-50(45)54(52)48-25-13-19-37-18-7-8-20-43(37)48/h1-5,7-11,13-14,16,18-23,25-35H,6,12,15,17,24H2. The Morgan fingerprint density at radius 1 is 0.519 bits per heavy atom. The van der Waals surface area contributed by atoms with Crippen LogP contribution in [0.2, 0.25) is 0 Å².